The molecule has 0 amide bonds. The lowest BCUT2D eigenvalue weighted by Crippen LogP contribution is -2.29. The van der Waals surface area contributed by atoms with E-state index in [1.165, 1.54) is 11.8 Å². The van der Waals surface area contributed by atoms with Crippen LogP contribution in [0.4, 0.5) is 0 Å². The molecule has 1 aromatic rings. The molecule has 0 aliphatic carbocycles. The molecule has 1 aliphatic heterocycles. The molecule has 1 unspecified atom stereocenters. The third-order valence-corrected chi connectivity index (χ3v) is 4.79. The van der Waals surface area contributed by atoms with Gasteiger partial charge in [0.1, 0.15) is 4.75 Å². The molecule has 0 bridgehead atoms. The predicted molar refractivity (Wildman–Crippen MR) is 62.9 cm³/mol. The maximum atomic E-state index is 11.4. The Morgan fingerprint density at radius 1 is 1.67 bits per heavy atom. The number of aliphatic carboxylic acids is 1. The van der Waals surface area contributed by atoms with E-state index in [4.69, 9.17) is 0 Å². The lowest BCUT2D eigenvalue weighted by molar-refractivity contribution is -0.140. The van der Waals surface area contributed by atoms with Crippen molar-refractivity contribution in [3.05, 3.63) is 28.5 Å². The van der Waals surface area contributed by atoms with Crippen molar-refractivity contribution >= 4 is 33.7 Å². The number of thioether (sulfide) groups is 1. The first kappa shape index (κ1) is 11.0. The normalized spacial score (nSPS) is 25.4. The number of halogens is 1. The van der Waals surface area contributed by atoms with Gasteiger partial charge in [-0.2, -0.15) is 0 Å². The molecular formula is C10H10BrNO2S. The van der Waals surface area contributed by atoms with Crippen LogP contribution in [0.1, 0.15) is 18.4 Å². The van der Waals surface area contributed by atoms with E-state index in [1.807, 2.05) is 0 Å². The zero-order valence-corrected chi connectivity index (χ0v) is 10.3. The summed E-state index contributed by atoms with van der Waals surface area (Å²) in [4.78, 5) is 15.4. The second-order valence-corrected chi connectivity index (χ2v) is 5.69. The molecule has 3 nitrogen and oxygen atoms in total. The van der Waals surface area contributed by atoms with Crippen LogP contribution in [0.2, 0.25) is 0 Å². The molecule has 1 saturated heterocycles. The van der Waals surface area contributed by atoms with E-state index in [-0.39, 0.29) is 0 Å². The topological polar surface area (TPSA) is 50.2 Å². The highest BCUT2D eigenvalue weighted by Crippen LogP contribution is 2.48. The fourth-order valence-electron chi connectivity index (χ4n) is 1.84. The molecule has 1 N–H and O–H groups in total. The number of rotatable bonds is 2. The average Bonchev–Trinajstić information content (AvgIpc) is 2.68. The monoisotopic (exact) mass is 287 g/mol. The van der Waals surface area contributed by atoms with E-state index in [0.717, 1.165) is 22.2 Å². The Bertz CT molecular complexity index is 391. The van der Waals surface area contributed by atoms with Gasteiger partial charge in [0.2, 0.25) is 0 Å². The molecule has 1 aromatic heterocycles. The minimum absolute atomic E-state index is 0.690. The van der Waals surface area contributed by atoms with Crippen molar-refractivity contribution in [3.8, 4) is 0 Å². The van der Waals surface area contributed by atoms with Gasteiger partial charge in [-0.3, -0.25) is 9.78 Å². The SMILES string of the molecule is O=C(O)C1(c2ccncc2Br)CCCS1. The average molecular weight is 288 g/mol. The summed E-state index contributed by atoms with van der Waals surface area (Å²) in [6.45, 7) is 0. The number of aromatic nitrogens is 1. The highest BCUT2D eigenvalue weighted by Gasteiger charge is 2.45. The summed E-state index contributed by atoms with van der Waals surface area (Å²) >= 11 is 4.88. The smallest absolute Gasteiger partial charge is 0.324 e. The van der Waals surface area contributed by atoms with Crippen LogP contribution >= 0.6 is 27.7 Å². The first-order valence-corrected chi connectivity index (χ1v) is 6.42. The summed E-state index contributed by atoms with van der Waals surface area (Å²) in [7, 11) is 0. The maximum Gasteiger partial charge on any atom is 0.324 e. The maximum absolute atomic E-state index is 11.4. The fourth-order valence-corrected chi connectivity index (χ4v) is 3.94. The molecule has 0 aromatic carbocycles. The second-order valence-electron chi connectivity index (χ2n) is 3.44. The van der Waals surface area contributed by atoms with E-state index in [0.29, 0.717) is 6.42 Å². The van der Waals surface area contributed by atoms with Crippen LogP contribution in [0.15, 0.2) is 22.9 Å². The largest absolute Gasteiger partial charge is 0.480 e. The highest BCUT2D eigenvalue weighted by atomic mass is 79.9. The third kappa shape index (κ3) is 1.78. The molecule has 2 rings (SSSR count). The molecule has 1 aliphatic rings. The Morgan fingerprint density at radius 2 is 2.47 bits per heavy atom. The summed E-state index contributed by atoms with van der Waals surface area (Å²) < 4.78 is 0.00343. The predicted octanol–water partition coefficient (Wildman–Crippen LogP) is 2.65. The van der Waals surface area contributed by atoms with Crippen molar-refractivity contribution < 1.29 is 9.90 Å². The number of carboxylic acid groups (broad SMARTS) is 1. The van der Waals surface area contributed by atoms with Crippen molar-refractivity contribution in [1.82, 2.24) is 4.98 Å². The van der Waals surface area contributed by atoms with Gasteiger partial charge < -0.3 is 5.11 Å². The lowest BCUT2D eigenvalue weighted by atomic mass is 9.95. The van der Waals surface area contributed by atoms with Gasteiger partial charge in [0, 0.05) is 16.9 Å². The van der Waals surface area contributed by atoms with Gasteiger partial charge in [-0.1, -0.05) is 0 Å². The van der Waals surface area contributed by atoms with E-state index in [9.17, 15) is 9.90 Å². The van der Waals surface area contributed by atoms with Crippen LogP contribution < -0.4 is 0 Å². The van der Waals surface area contributed by atoms with Crippen LogP contribution in [-0.4, -0.2) is 21.8 Å². The fraction of sp³-hybridized carbons (Fsp3) is 0.400. The first-order valence-electron chi connectivity index (χ1n) is 4.64. The molecule has 2 heterocycles. The minimum Gasteiger partial charge on any atom is -0.480 e. The standard InChI is InChI=1S/C10H10BrNO2S/c11-8-6-12-4-2-7(8)10(9(13)14)3-1-5-15-10/h2,4,6H,1,3,5H2,(H,13,14). The van der Waals surface area contributed by atoms with E-state index < -0.39 is 10.7 Å². The lowest BCUT2D eigenvalue weighted by Gasteiger charge is -2.24. The van der Waals surface area contributed by atoms with Crippen LogP contribution in [-0.2, 0) is 9.54 Å². The summed E-state index contributed by atoms with van der Waals surface area (Å²) in [6, 6.07) is 1.79. The van der Waals surface area contributed by atoms with E-state index in [1.54, 1.807) is 18.5 Å². The number of hydrogen-bond acceptors (Lipinski definition) is 3. The summed E-state index contributed by atoms with van der Waals surface area (Å²) in [5, 5.41) is 9.38. The molecule has 15 heavy (non-hydrogen) atoms. The van der Waals surface area contributed by atoms with Crippen molar-refractivity contribution in [1.29, 1.82) is 0 Å². The molecule has 80 valence electrons. The second kappa shape index (κ2) is 4.14. The van der Waals surface area contributed by atoms with Gasteiger partial charge in [0.15, 0.2) is 0 Å². The number of carboxylic acids is 1. The van der Waals surface area contributed by atoms with Crippen molar-refractivity contribution in [2.45, 2.75) is 17.6 Å². The van der Waals surface area contributed by atoms with Crippen LogP contribution in [0.25, 0.3) is 0 Å². The first-order chi connectivity index (χ1) is 7.17. The Kier molecular flexibility index (Phi) is 3.02. The summed E-state index contributed by atoms with van der Waals surface area (Å²) in [5.41, 5.74) is 0.826. The summed E-state index contributed by atoms with van der Waals surface area (Å²) in [5.74, 6) is 0.151. The zero-order chi connectivity index (χ0) is 10.9. The van der Waals surface area contributed by atoms with Gasteiger partial charge >= 0.3 is 5.97 Å². The van der Waals surface area contributed by atoms with Gasteiger partial charge in [0.05, 0.1) is 0 Å². The number of pyridine rings is 1. The number of hydrogen-bond donors (Lipinski definition) is 1. The molecular weight excluding hydrogens is 278 g/mol. The van der Waals surface area contributed by atoms with E-state index in [2.05, 4.69) is 20.9 Å². The van der Waals surface area contributed by atoms with Gasteiger partial charge in [0.25, 0.3) is 0 Å². The number of nitrogens with zero attached hydrogens (tertiary/aromatic N) is 1. The Balaban J connectivity index is 2.50. The molecule has 1 atom stereocenters. The van der Waals surface area contributed by atoms with Gasteiger partial charge in [-0.25, -0.2) is 0 Å². The van der Waals surface area contributed by atoms with Crippen LogP contribution in [0.3, 0.4) is 0 Å². The number of carbonyl (C=O) groups is 1. The summed E-state index contributed by atoms with van der Waals surface area (Å²) in [6.07, 6.45) is 4.93. The molecule has 0 saturated carbocycles. The highest BCUT2D eigenvalue weighted by molar-refractivity contribution is 9.10. The minimum atomic E-state index is -0.776. The van der Waals surface area contributed by atoms with Gasteiger partial charge in [-0.05, 0) is 46.2 Å². The Morgan fingerprint density at radius 3 is 3.00 bits per heavy atom. The molecule has 0 radical (unpaired) electrons. The Labute approximate surface area is 100 Å². The Hall–Kier alpha value is -0.550. The molecule has 1 fully saturated rings. The molecule has 0 spiro atoms. The van der Waals surface area contributed by atoms with Crippen molar-refractivity contribution in [2.24, 2.45) is 0 Å². The van der Waals surface area contributed by atoms with Crippen molar-refractivity contribution in [3.63, 3.8) is 0 Å². The van der Waals surface area contributed by atoms with E-state index >= 15 is 0 Å². The van der Waals surface area contributed by atoms with Crippen molar-refractivity contribution in [2.75, 3.05) is 5.75 Å². The van der Waals surface area contributed by atoms with Gasteiger partial charge in [-0.15, -0.1) is 11.8 Å². The van der Waals surface area contributed by atoms with Crippen LogP contribution in [0, 0.1) is 0 Å². The molecule has 5 heteroatoms. The third-order valence-electron chi connectivity index (χ3n) is 2.57. The van der Waals surface area contributed by atoms with Crippen LogP contribution in [0.5, 0.6) is 0 Å². The zero-order valence-electron chi connectivity index (χ0n) is 7.94. The quantitative estimate of drug-likeness (QED) is 0.909.